The number of hydrogen-bond donors (Lipinski definition) is 5. The van der Waals surface area contributed by atoms with E-state index in [9.17, 15) is 19.8 Å². The van der Waals surface area contributed by atoms with Gasteiger partial charge in [0, 0.05) is 11.8 Å². The standard InChI is InChI=1S/C8H14N4O6/c1-3(14)10-5(8(18)11-12-9)7(17)6(16)4(15)2-13/h4-7,13,15-17H,2H2,1H3,(H,10,14)/t4-,5-,6-,7-/m1/s1. The lowest BCUT2D eigenvalue weighted by Gasteiger charge is -2.27. The third-order valence-corrected chi connectivity index (χ3v) is 2.04. The van der Waals surface area contributed by atoms with E-state index in [1.807, 2.05) is 5.32 Å². The van der Waals surface area contributed by atoms with Crippen molar-refractivity contribution in [2.45, 2.75) is 31.3 Å². The van der Waals surface area contributed by atoms with Gasteiger partial charge in [-0.05, 0) is 10.6 Å². The number of hydrogen-bond acceptors (Lipinski definition) is 6. The minimum Gasteiger partial charge on any atom is -0.394 e. The fraction of sp³-hybridized carbons (Fsp3) is 0.750. The summed E-state index contributed by atoms with van der Waals surface area (Å²) in [6, 6.07) is -1.71. The lowest BCUT2D eigenvalue weighted by atomic mass is 10.0. The molecule has 10 nitrogen and oxygen atoms in total. The van der Waals surface area contributed by atoms with E-state index in [0.29, 0.717) is 0 Å². The summed E-state index contributed by atoms with van der Waals surface area (Å²) < 4.78 is 0. The molecule has 0 unspecified atom stereocenters. The molecule has 0 rings (SSSR count). The molecule has 0 aromatic carbocycles. The Morgan fingerprint density at radius 1 is 1.33 bits per heavy atom. The van der Waals surface area contributed by atoms with Gasteiger partial charge < -0.3 is 25.7 Å². The van der Waals surface area contributed by atoms with E-state index in [0.717, 1.165) is 6.92 Å². The van der Waals surface area contributed by atoms with Crippen molar-refractivity contribution in [2.24, 2.45) is 5.11 Å². The lowest BCUT2D eigenvalue weighted by molar-refractivity contribution is -0.135. The van der Waals surface area contributed by atoms with Gasteiger partial charge in [-0.25, -0.2) is 0 Å². The molecule has 5 N–H and O–H groups in total. The first-order valence-electron chi connectivity index (χ1n) is 4.86. The predicted octanol–water partition coefficient (Wildman–Crippen LogP) is -2.60. The quantitative estimate of drug-likeness (QED) is 0.199. The fourth-order valence-corrected chi connectivity index (χ4v) is 1.15. The summed E-state index contributed by atoms with van der Waals surface area (Å²) in [5.41, 5.74) is 8.09. The van der Waals surface area contributed by atoms with Crippen LogP contribution in [0.25, 0.3) is 10.4 Å². The molecule has 0 aliphatic carbocycles. The second-order valence-electron chi connectivity index (χ2n) is 3.44. The molecule has 18 heavy (non-hydrogen) atoms. The number of nitrogens with one attached hydrogen (secondary N) is 1. The highest BCUT2D eigenvalue weighted by Gasteiger charge is 2.35. The molecule has 0 bridgehead atoms. The molecule has 2 amide bonds. The summed E-state index contributed by atoms with van der Waals surface area (Å²) in [7, 11) is 0. The SMILES string of the molecule is CC(=O)N[C@@H](C(=O)N=[N+]=[N-])[C@@H](O)[C@H](O)[C@H](O)CO. The van der Waals surface area contributed by atoms with Gasteiger partial charge in [0.2, 0.25) is 11.8 Å². The molecule has 0 aliphatic heterocycles. The minimum atomic E-state index is -1.94. The van der Waals surface area contributed by atoms with Gasteiger partial charge in [0.15, 0.2) is 0 Å². The number of azide groups is 1. The molecule has 10 heteroatoms. The number of aliphatic hydroxyl groups excluding tert-OH is 4. The van der Waals surface area contributed by atoms with Crippen LogP contribution in [0.5, 0.6) is 0 Å². The average Bonchev–Trinajstić information content (AvgIpc) is 2.33. The zero-order chi connectivity index (χ0) is 14.3. The number of aliphatic hydroxyl groups is 4. The predicted molar refractivity (Wildman–Crippen MR) is 56.9 cm³/mol. The van der Waals surface area contributed by atoms with Gasteiger partial charge in [-0.15, -0.1) is 0 Å². The Kier molecular flexibility index (Phi) is 6.86. The smallest absolute Gasteiger partial charge is 0.243 e. The van der Waals surface area contributed by atoms with Gasteiger partial charge in [-0.2, -0.15) is 0 Å². The zero-order valence-electron chi connectivity index (χ0n) is 9.46. The summed E-state index contributed by atoms with van der Waals surface area (Å²) in [5, 5.41) is 41.3. The largest absolute Gasteiger partial charge is 0.394 e. The van der Waals surface area contributed by atoms with Crippen molar-refractivity contribution in [1.29, 1.82) is 0 Å². The first kappa shape index (κ1) is 16.3. The zero-order valence-corrected chi connectivity index (χ0v) is 9.46. The summed E-state index contributed by atoms with van der Waals surface area (Å²) in [4.78, 5) is 24.3. The van der Waals surface area contributed by atoms with Crippen LogP contribution in [0.3, 0.4) is 0 Å². The molecule has 0 saturated carbocycles. The summed E-state index contributed by atoms with van der Waals surface area (Å²) in [5.74, 6) is -1.95. The van der Waals surface area contributed by atoms with E-state index in [1.54, 1.807) is 0 Å². The van der Waals surface area contributed by atoms with Gasteiger partial charge in [0.05, 0.1) is 6.61 Å². The van der Waals surface area contributed by atoms with Crippen LogP contribution < -0.4 is 5.32 Å². The highest BCUT2D eigenvalue weighted by Crippen LogP contribution is 2.07. The normalized spacial score (nSPS) is 16.9. The maximum Gasteiger partial charge on any atom is 0.243 e. The number of carbonyl (C=O) groups is 2. The molecule has 0 aromatic heterocycles. The first-order chi connectivity index (χ1) is 8.34. The molecule has 102 valence electrons. The Bertz CT molecular complexity index is 355. The molecule has 0 spiro atoms. The van der Waals surface area contributed by atoms with Crippen molar-refractivity contribution < 1.29 is 30.0 Å². The van der Waals surface area contributed by atoms with Crippen LogP contribution in [-0.4, -0.2) is 63.2 Å². The lowest BCUT2D eigenvalue weighted by Crippen LogP contribution is -2.55. The van der Waals surface area contributed by atoms with Gasteiger partial charge in [-0.1, -0.05) is 0 Å². The van der Waals surface area contributed by atoms with E-state index in [2.05, 4.69) is 10.0 Å². The second kappa shape index (κ2) is 7.58. The minimum absolute atomic E-state index is 0.716. The van der Waals surface area contributed by atoms with Crippen molar-refractivity contribution in [3.8, 4) is 0 Å². The van der Waals surface area contributed by atoms with Crippen LogP contribution in [0.1, 0.15) is 6.92 Å². The van der Waals surface area contributed by atoms with Crippen LogP contribution in [0.15, 0.2) is 5.11 Å². The Morgan fingerprint density at radius 3 is 2.28 bits per heavy atom. The molecule has 0 aliphatic rings. The molecule has 0 saturated heterocycles. The number of amides is 2. The Morgan fingerprint density at radius 2 is 1.89 bits per heavy atom. The summed E-state index contributed by atoms with van der Waals surface area (Å²) in [6.07, 6.45) is -5.55. The van der Waals surface area contributed by atoms with Crippen molar-refractivity contribution in [1.82, 2.24) is 5.32 Å². The molecule has 0 fully saturated rings. The monoisotopic (exact) mass is 262 g/mol. The third kappa shape index (κ3) is 4.65. The topological polar surface area (TPSA) is 176 Å². The molecule has 0 aromatic rings. The molecule has 0 radical (unpaired) electrons. The fourth-order valence-electron chi connectivity index (χ4n) is 1.15. The Labute approximate surface area is 101 Å². The van der Waals surface area contributed by atoms with E-state index >= 15 is 0 Å². The Balaban J connectivity index is 5.00. The first-order valence-corrected chi connectivity index (χ1v) is 4.86. The van der Waals surface area contributed by atoms with E-state index in [4.69, 9.17) is 15.7 Å². The summed E-state index contributed by atoms with van der Waals surface area (Å²) >= 11 is 0. The van der Waals surface area contributed by atoms with Crippen LogP contribution in [0.2, 0.25) is 0 Å². The van der Waals surface area contributed by atoms with Crippen LogP contribution in [0.4, 0.5) is 0 Å². The van der Waals surface area contributed by atoms with Gasteiger partial charge in [0.1, 0.15) is 24.4 Å². The van der Waals surface area contributed by atoms with Crippen LogP contribution in [-0.2, 0) is 9.59 Å². The number of carbonyl (C=O) groups excluding carboxylic acids is 2. The average molecular weight is 262 g/mol. The molecular formula is C8H14N4O6. The summed E-state index contributed by atoms with van der Waals surface area (Å²) in [6.45, 7) is 0.179. The third-order valence-electron chi connectivity index (χ3n) is 2.04. The molecular weight excluding hydrogens is 248 g/mol. The molecule has 4 atom stereocenters. The van der Waals surface area contributed by atoms with Gasteiger partial charge in [0.25, 0.3) is 0 Å². The van der Waals surface area contributed by atoms with E-state index in [1.165, 1.54) is 0 Å². The highest BCUT2D eigenvalue weighted by atomic mass is 16.4. The maximum absolute atomic E-state index is 11.3. The number of nitrogens with zero attached hydrogens (tertiary/aromatic N) is 3. The Hall–Kier alpha value is -1.71. The number of rotatable bonds is 6. The van der Waals surface area contributed by atoms with Crippen molar-refractivity contribution >= 4 is 11.8 Å². The van der Waals surface area contributed by atoms with Gasteiger partial charge >= 0.3 is 0 Å². The van der Waals surface area contributed by atoms with Crippen molar-refractivity contribution in [3.05, 3.63) is 10.4 Å². The van der Waals surface area contributed by atoms with Crippen LogP contribution in [0, 0.1) is 0 Å². The van der Waals surface area contributed by atoms with E-state index in [-0.39, 0.29) is 0 Å². The second-order valence-corrected chi connectivity index (χ2v) is 3.44. The molecule has 0 heterocycles. The van der Waals surface area contributed by atoms with Crippen molar-refractivity contribution in [2.75, 3.05) is 6.61 Å². The van der Waals surface area contributed by atoms with E-state index < -0.39 is 42.8 Å². The highest BCUT2D eigenvalue weighted by molar-refractivity contribution is 5.88. The van der Waals surface area contributed by atoms with Gasteiger partial charge in [-0.3, -0.25) is 9.59 Å². The van der Waals surface area contributed by atoms with Crippen molar-refractivity contribution in [3.63, 3.8) is 0 Å². The van der Waals surface area contributed by atoms with Crippen LogP contribution >= 0.6 is 0 Å². The maximum atomic E-state index is 11.3.